The first-order chi connectivity index (χ1) is 12.1. The summed E-state index contributed by atoms with van der Waals surface area (Å²) in [6, 6.07) is 0. The van der Waals surface area contributed by atoms with E-state index in [0.29, 0.717) is 12.3 Å². The Balaban J connectivity index is 0.00000338. The van der Waals surface area contributed by atoms with E-state index in [0.717, 1.165) is 70.2 Å². The van der Waals surface area contributed by atoms with Crippen molar-refractivity contribution >= 4 is 47.6 Å². The number of thioether (sulfide) groups is 1. The number of ether oxygens (including phenoxy) is 1. The van der Waals surface area contributed by atoms with E-state index < -0.39 is 0 Å². The Hall–Kier alpha value is -0.220. The molecule has 6 nitrogen and oxygen atoms in total. The minimum Gasteiger partial charge on any atom is -0.381 e. The molecule has 0 bridgehead atoms. The molecule has 2 aliphatic heterocycles. The predicted octanol–water partition coefficient (Wildman–Crippen LogP) is 2.33. The third kappa shape index (κ3) is 7.07. The summed E-state index contributed by atoms with van der Waals surface area (Å²) in [6.07, 6.45) is 4.95. The van der Waals surface area contributed by atoms with Gasteiger partial charge in [-0.1, -0.05) is 6.92 Å². The van der Waals surface area contributed by atoms with Crippen molar-refractivity contribution in [1.29, 1.82) is 0 Å². The monoisotopic (exact) mass is 498 g/mol. The molecule has 0 aromatic rings. The van der Waals surface area contributed by atoms with Crippen molar-refractivity contribution in [3.8, 4) is 0 Å². The van der Waals surface area contributed by atoms with Crippen LogP contribution in [0.2, 0.25) is 0 Å². The topological polar surface area (TPSA) is 66.0 Å². The maximum absolute atomic E-state index is 11.6. The number of amides is 1. The molecule has 0 radical (unpaired) electrons. The van der Waals surface area contributed by atoms with Gasteiger partial charge in [-0.05, 0) is 37.4 Å². The fourth-order valence-corrected chi connectivity index (χ4v) is 4.95. The van der Waals surface area contributed by atoms with Crippen LogP contribution in [0, 0.1) is 5.92 Å². The molecule has 0 aliphatic carbocycles. The number of guanidine groups is 1. The zero-order valence-electron chi connectivity index (χ0n) is 16.4. The van der Waals surface area contributed by atoms with E-state index in [1.807, 2.05) is 18.8 Å². The summed E-state index contributed by atoms with van der Waals surface area (Å²) in [6.45, 7) is 6.83. The highest BCUT2D eigenvalue weighted by Crippen LogP contribution is 2.34. The van der Waals surface area contributed by atoms with Crippen LogP contribution in [-0.4, -0.2) is 74.2 Å². The lowest BCUT2D eigenvalue weighted by Gasteiger charge is -2.39. The van der Waals surface area contributed by atoms with Crippen molar-refractivity contribution in [2.24, 2.45) is 10.9 Å². The molecule has 2 heterocycles. The van der Waals surface area contributed by atoms with Gasteiger partial charge in [0.15, 0.2) is 5.96 Å². The lowest BCUT2D eigenvalue weighted by molar-refractivity contribution is -0.121. The number of hydrogen-bond donors (Lipinski definition) is 2. The lowest BCUT2D eigenvalue weighted by Crippen LogP contribution is -2.51. The molecule has 26 heavy (non-hydrogen) atoms. The van der Waals surface area contributed by atoms with Crippen molar-refractivity contribution in [3.63, 3.8) is 0 Å². The number of nitrogens with one attached hydrogen (secondary N) is 2. The molecular formula is C18H35IN4O2S. The number of hydrogen-bond acceptors (Lipinski definition) is 4. The third-order valence-corrected chi connectivity index (χ3v) is 6.76. The molecule has 8 heteroatoms. The summed E-state index contributed by atoms with van der Waals surface area (Å²) >= 11 is 2.05. The number of carbonyl (C=O) groups excluding carboxylic acids is 1. The van der Waals surface area contributed by atoms with E-state index in [1.165, 1.54) is 0 Å². The first-order valence-corrected chi connectivity index (χ1v) is 10.5. The van der Waals surface area contributed by atoms with E-state index >= 15 is 0 Å². The van der Waals surface area contributed by atoms with E-state index in [-0.39, 0.29) is 34.6 Å². The second-order valence-corrected chi connectivity index (χ2v) is 8.67. The molecule has 2 N–H and O–H groups in total. The van der Waals surface area contributed by atoms with Crippen molar-refractivity contribution in [3.05, 3.63) is 0 Å². The van der Waals surface area contributed by atoms with Crippen LogP contribution in [-0.2, 0) is 9.53 Å². The van der Waals surface area contributed by atoms with Crippen molar-refractivity contribution in [2.75, 3.05) is 52.7 Å². The van der Waals surface area contributed by atoms with Gasteiger partial charge in [0.1, 0.15) is 0 Å². The molecule has 0 saturated carbocycles. The maximum Gasteiger partial charge on any atom is 0.220 e. The molecule has 1 amide bonds. The normalized spacial score (nSPS) is 21.0. The summed E-state index contributed by atoms with van der Waals surface area (Å²) < 4.78 is 5.82. The van der Waals surface area contributed by atoms with Crippen LogP contribution in [0.15, 0.2) is 4.99 Å². The Morgan fingerprint density at radius 2 is 1.96 bits per heavy atom. The van der Waals surface area contributed by atoms with Gasteiger partial charge >= 0.3 is 0 Å². The van der Waals surface area contributed by atoms with E-state index in [1.54, 1.807) is 7.05 Å². The van der Waals surface area contributed by atoms with Crippen LogP contribution >= 0.6 is 35.7 Å². The Labute approximate surface area is 179 Å². The molecule has 0 unspecified atom stereocenters. The SMILES string of the molecule is CCSC1(CNC(=NC)N2CCC(CC(=O)NC)CC2)CCOCC1.I. The molecule has 2 rings (SSSR count). The second kappa shape index (κ2) is 12.3. The van der Waals surface area contributed by atoms with E-state index in [4.69, 9.17) is 4.74 Å². The number of nitrogens with zero attached hydrogens (tertiary/aromatic N) is 2. The van der Waals surface area contributed by atoms with Crippen LogP contribution in [0.1, 0.15) is 39.0 Å². The number of carbonyl (C=O) groups is 1. The fraction of sp³-hybridized carbons (Fsp3) is 0.889. The molecule has 152 valence electrons. The van der Waals surface area contributed by atoms with Gasteiger partial charge in [0, 0.05) is 58.1 Å². The summed E-state index contributed by atoms with van der Waals surface area (Å²) in [5, 5.41) is 6.35. The maximum atomic E-state index is 11.6. The van der Waals surface area contributed by atoms with E-state index in [9.17, 15) is 4.79 Å². The standard InChI is InChI=1S/C18H34N4O2S.HI/c1-4-25-18(7-11-24-12-8-18)14-21-17(20-3)22-9-5-15(6-10-22)13-16(23)19-2;/h15H,4-14H2,1-3H3,(H,19,23)(H,20,21);1H. The highest BCUT2D eigenvalue weighted by molar-refractivity contribution is 14.0. The lowest BCUT2D eigenvalue weighted by atomic mass is 9.93. The summed E-state index contributed by atoms with van der Waals surface area (Å²) in [5.41, 5.74) is 0. The highest BCUT2D eigenvalue weighted by Gasteiger charge is 2.33. The van der Waals surface area contributed by atoms with Crippen molar-refractivity contribution < 1.29 is 9.53 Å². The number of piperidine rings is 1. The number of halogens is 1. The van der Waals surface area contributed by atoms with Gasteiger partial charge in [0.25, 0.3) is 0 Å². The third-order valence-electron chi connectivity index (χ3n) is 5.30. The fourth-order valence-electron chi connectivity index (χ4n) is 3.71. The number of aliphatic imine (C=N–C) groups is 1. The quantitative estimate of drug-likeness (QED) is 0.335. The summed E-state index contributed by atoms with van der Waals surface area (Å²) in [7, 11) is 3.58. The smallest absolute Gasteiger partial charge is 0.220 e. The van der Waals surface area contributed by atoms with Gasteiger partial charge in [0.05, 0.1) is 0 Å². The van der Waals surface area contributed by atoms with Gasteiger partial charge < -0.3 is 20.3 Å². The molecule has 0 aromatic carbocycles. The first kappa shape index (κ1) is 23.8. The van der Waals surface area contributed by atoms with Gasteiger partial charge in [-0.2, -0.15) is 11.8 Å². The van der Waals surface area contributed by atoms with Crippen LogP contribution in [0.4, 0.5) is 0 Å². The Morgan fingerprint density at radius 3 is 2.50 bits per heavy atom. The first-order valence-electron chi connectivity index (χ1n) is 9.50. The number of rotatable bonds is 6. The highest BCUT2D eigenvalue weighted by atomic mass is 127. The molecule has 0 aromatic heterocycles. The van der Waals surface area contributed by atoms with Gasteiger partial charge in [0.2, 0.25) is 5.91 Å². The van der Waals surface area contributed by atoms with Crippen molar-refractivity contribution in [1.82, 2.24) is 15.5 Å². The van der Waals surface area contributed by atoms with Crippen LogP contribution < -0.4 is 10.6 Å². The zero-order valence-corrected chi connectivity index (χ0v) is 19.5. The van der Waals surface area contributed by atoms with Crippen LogP contribution in [0.25, 0.3) is 0 Å². The molecule has 2 aliphatic rings. The van der Waals surface area contributed by atoms with Gasteiger partial charge in [-0.3, -0.25) is 9.79 Å². The average Bonchev–Trinajstić information content (AvgIpc) is 2.64. The van der Waals surface area contributed by atoms with Crippen LogP contribution in [0.5, 0.6) is 0 Å². The van der Waals surface area contributed by atoms with Gasteiger partial charge in [-0.15, -0.1) is 24.0 Å². The largest absolute Gasteiger partial charge is 0.381 e. The summed E-state index contributed by atoms with van der Waals surface area (Å²) in [5.74, 6) is 2.78. The molecule has 2 saturated heterocycles. The Bertz CT molecular complexity index is 445. The minimum atomic E-state index is 0. The summed E-state index contributed by atoms with van der Waals surface area (Å²) in [4.78, 5) is 18.4. The molecule has 0 spiro atoms. The molecule has 2 fully saturated rings. The molecule has 0 atom stereocenters. The molecular weight excluding hydrogens is 463 g/mol. The minimum absolute atomic E-state index is 0. The second-order valence-electron chi connectivity index (χ2n) is 6.94. The van der Waals surface area contributed by atoms with Crippen molar-refractivity contribution in [2.45, 2.75) is 43.8 Å². The average molecular weight is 498 g/mol. The Morgan fingerprint density at radius 1 is 1.31 bits per heavy atom. The van der Waals surface area contributed by atoms with Gasteiger partial charge in [-0.25, -0.2) is 0 Å². The van der Waals surface area contributed by atoms with Crippen LogP contribution in [0.3, 0.4) is 0 Å². The number of likely N-dealkylation sites (tertiary alicyclic amines) is 1. The van der Waals surface area contributed by atoms with E-state index in [2.05, 4.69) is 27.4 Å². The predicted molar refractivity (Wildman–Crippen MR) is 121 cm³/mol. The zero-order chi connectivity index (χ0) is 18.1. The Kier molecular flexibility index (Phi) is 11.2.